The van der Waals surface area contributed by atoms with Crippen molar-refractivity contribution in [3.63, 3.8) is 0 Å². The van der Waals surface area contributed by atoms with Crippen molar-refractivity contribution in [2.75, 3.05) is 23.8 Å². The van der Waals surface area contributed by atoms with E-state index in [1.807, 2.05) is 12.1 Å². The van der Waals surface area contributed by atoms with Gasteiger partial charge in [-0.3, -0.25) is 0 Å². The van der Waals surface area contributed by atoms with Gasteiger partial charge in [0.15, 0.2) is 0 Å². The van der Waals surface area contributed by atoms with Gasteiger partial charge < -0.3 is 15.4 Å². The van der Waals surface area contributed by atoms with E-state index in [1.165, 1.54) is 25.7 Å². The first kappa shape index (κ1) is 13.5. The summed E-state index contributed by atoms with van der Waals surface area (Å²) in [5.74, 6) is 2.99. The molecule has 4 nitrogen and oxygen atoms in total. The second-order valence-corrected chi connectivity index (χ2v) is 6.47. The molecule has 2 fully saturated rings. The standard InChI is InChI=1S/C16H25N3O/c1-11(2)14-4-3-9-19(14)15-8-7-13(17)16(18-15)20-10-12-5-6-12/h7-8,11-12,14H,3-6,9-10,17H2,1-2H3. The Hall–Kier alpha value is -1.45. The summed E-state index contributed by atoms with van der Waals surface area (Å²) in [5.41, 5.74) is 6.63. The summed E-state index contributed by atoms with van der Waals surface area (Å²) in [4.78, 5) is 7.08. The molecule has 0 spiro atoms. The van der Waals surface area contributed by atoms with Gasteiger partial charge in [0.25, 0.3) is 0 Å². The number of aromatic nitrogens is 1. The summed E-state index contributed by atoms with van der Waals surface area (Å²) in [6.07, 6.45) is 5.05. The molecule has 1 aromatic rings. The highest BCUT2D eigenvalue weighted by Crippen LogP contribution is 2.33. The Morgan fingerprint density at radius 1 is 1.35 bits per heavy atom. The van der Waals surface area contributed by atoms with Crippen LogP contribution in [0.1, 0.15) is 39.5 Å². The van der Waals surface area contributed by atoms with Crippen LogP contribution in [-0.2, 0) is 0 Å². The monoisotopic (exact) mass is 275 g/mol. The first-order chi connectivity index (χ1) is 9.65. The lowest BCUT2D eigenvalue weighted by atomic mass is 10.0. The fourth-order valence-electron chi connectivity index (χ4n) is 2.97. The van der Waals surface area contributed by atoms with Gasteiger partial charge in [0, 0.05) is 12.6 Å². The topological polar surface area (TPSA) is 51.4 Å². The second-order valence-electron chi connectivity index (χ2n) is 6.47. The molecular formula is C16H25N3O. The van der Waals surface area contributed by atoms with Crippen LogP contribution in [0.15, 0.2) is 12.1 Å². The molecule has 3 rings (SSSR count). The van der Waals surface area contributed by atoms with E-state index in [-0.39, 0.29) is 0 Å². The second kappa shape index (κ2) is 5.51. The number of nitrogen functional groups attached to an aromatic ring is 1. The maximum atomic E-state index is 5.98. The molecule has 20 heavy (non-hydrogen) atoms. The molecule has 1 aromatic heterocycles. The number of anilines is 2. The lowest BCUT2D eigenvalue weighted by molar-refractivity contribution is 0.290. The Kier molecular flexibility index (Phi) is 3.72. The Morgan fingerprint density at radius 2 is 2.15 bits per heavy atom. The molecule has 0 radical (unpaired) electrons. The number of nitrogens with two attached hydrogens (primary N) is 1. The molecule has 1 unspecified atom stereocenters. The van der Waals surface area contributed by atoms with Crippen molar-refractivity contribution in [2.45, 2.75) is 45.6 Å². The predicted molar refractivity (Wildman–Crippen MR) is 82.1 cm³/mol. The van der Waals surface area contributed by atoms with Crippen LogP contribution in [0.25, 0.3) is 0 Å². The zero-order chi connectivity index (χ0) is 14.1. The van der Waals surface area contributed by atoms with E-state index in [0.717, 1.165) is 24.9 Å². The predicted octanol–water partition coefficient (Wildman–Crippen LogP) is 3.08. The highest BCUT2D eigenvalue weighted by molar-refractivity contribution is 5.55. The molecular weight excluding hydrogens is 250 g/mol. The van der Waals surface area contributed by atoms with E-state index < -0.39 is 0 Å². The van der Waals surface area contributed by atoms with Crippen molar-refractivity contribution in [3.8, 4) is 5.88 Å². The van der Waals surface area contributed by atoms with Crippen LogP contribution in [0.3, 0.4) is 0 Å². The van der Waals surface area contributed by atoms with E-state index in [1.54, 1.807) is 0 Å². The highest BCUT2D eigenvalue weighted by atomic mass is 16.5. The molecule has 1 aliphatic heterocycles. The minimum Gasteiger partial charge on any atom is -0.476 e. The van der Waals surface area contributed by atoms with Crippen molar-refractivity contribution in [3.05, 3.63) is 12.1 Å². The molecule has 110 valence electrons. The van der Waals surface area contributed by atoms with Gasteiger partial charge in [-0.2, -0.15) is 4.98 Å². The molecule has 2 heterocycles. The molecule has 4 heteroatoms. The van der Waals surface area contributed by atoms with Gasteiger partial charge in [-0.05, 0) is 49.7 Å². The molecule has 0 bridgehead atoms. The third-order valence-electron chi connectivity index (χ3n) is 4.39. The third-order valence-corrected chi connectivity index (χ3v) is 4.39. The smallest absolute Gasteiger partial charge is 0.239 e. The van der Waals surface area contributed by atoms with Crippen molar-refractivity contribution in [1.29, 1.82) is 0 Å². The number of rotatable bonds is 5. The van der Waals surface area contributed by atoms with Gasteiger partial charge in [-0.25, -0.2) is 0 Å². The van der Waals surface area contributed by atoms with Crippen LogP contribution in [-0.4, -0.2) is 24.2 Å². The van der Waals surface area contributed by atoms with Crippen molar-refractivity contribution in [1.82, 2.24) is 4.98 Å². The van der Waals surface area contributed by atoms with Gasteiger partial charge in [0.1, 0.15) is 5.82 Å². The summed E-state index contributed by atoms with van der Waals surface area (Å²) in [6.45, 7) is 6.41. The van der Waals surface area contributed by atoms with E-state index in [4.69, 9.17) is 10.5 Å². The molecule has 0 aromatic carbocycles. The Bertz CT molecular complexity index is 471. The van der Waals surface area contributed by atoms with E-state index in [2.05, 4.69) is 23.7 Å². The average Bonchev–Trinajstić information content (AvgIpc) is 3.11. The minimum absolute atomic E-state index is 0.586. The summed E-state index contributed by atoms with van der Waals surface area (Å²) in [6, 6.07) is 4.54. The Morgan fingerprint density at radius 3 is 2.85 bits per heavy atom. The number of ether oxygens (including phenoxy) is 1. The largest absolute Gasteiger partial charge is 0.476 e. The molecule has 1 aliphatic carbocycles. The van der Waals surface area contributed by atoms with Gasteiger partial charge in [0.05, 0.1) is 12.3 Å². The van der Waals surface area contributed by atoms with Crippen LogP contribution >= 0.6 is 0 Å². The summed E-state index contributed by atoms with van der Waals surface area (Å²) >= 11 is 0. The van der Waals surface area contributed by atoms with E-state index in [0.29, 0.717) is 23.5 Å². The number of nitrogens with zero attached hydrogens (tertiary/aromatic N) is 2. The Balaban J connectivity index is 1.76. The first-order valence-corrected chi connectivity index (χ1v) is 7.81. The molecule has 1 saturated carbocycles. The van der Waals surface area contributed by atoms with E-state index in [9.17, 15) is 0 Å². The fraction of sp³-hybridized carbons (Fsp3) is 0.688. The van der Waals surface area contributed by atoms with Gasteiger partial charge >= 0.3 is 0 Å². The molecule has 1 atom stereocenters. The summed E-state index contributed by atoms with van der Waals surface area (Å²) < 4.78 is 5.79. The normalized spacial score (nSPS) is 22.6. The zero-order valence-electron chi connectivity index (χ0n) is 12.5. The van der Waals surface area contributed by atoms with Crippen LogP contribution in [0, 0.1) is 11.8 Å². The van der Waals surface area contributed by atoms with Crippen LogP contribution in [0.4, 0.5) is 11.5 Å². The quantitative estimate of drug-likeness (QED) is 0.897. The fourth-order valence-corrected chi connectivity index (χ4v) is 2.97. The molecule has 2 N–H and O–H groups in total. The third kappa shape index (κ3) is 2.84. The maximum Gasteiger partial charge on any atom is 0.239 e. The number of pyridine rings is 1. The minimum atomic E-state index is 0.586. The summed E-state index contributed by atoms with van der Waals surface area (Å²) in [7, 11) is 0. The van der Waals surface area contributed by atoms with Crippen molar-refractivity contribution in [2.24, 2.45) is 11.8 Å². The molecule has 0 amide bonds. The summed E-state index contributed by atoms with van der Waals surface area (Å²) in [5, 5.41) is 0. The maximum absolute atomic E-state index is 5.98. The van der Waals surface area contributed by atoms with Crippen LogP contribution in [0.5, 0.6) is 5.88 Å². The van der Waals surface area contributed by atoms with Gasteiger partial charge in [0.2, 0.25) is 5.88 Å². The van der Waals surface area contributed by atoms with Crippen molar-refractivity contribution < 1.29 is 4.74 Å². The molecule has 2 aliphatic rings. The first-order valence-electron chi connectivity index (χ1n) is 7.81. The van der Waals surface area contributed by atoms with E-state index >= 15 is 0 Å². The number of hydrogen-bond donors (Lipinski definition) is 1. The highest BCUT2D eigenvalue weighted by Gasteiger charge is 2.28. The SMILES string of the molecule is CC(C)C1CCCN1c1ccc(N)c(OCC2CC2)n1. The zero-order valence-corrected chi connectivity index (χ0v) is 12.5. The lowest BCUT2D eigenvalue weighted by Crippen LogP contribution is -2.34. The molecule has 1 saturated heterocycles. The lowest BCUT2D eigenvalue weighted by Gasteiger charge is -2.29. The van der Waals surface area contributed by atoms with Crippen molar-refractivity contribution >= 4 is 11.5 Å². The van der Waals surface area contributed by atoms with Crippen LogP contribution in [0.2, 0.25) is 0 Å². The number of hydrogen-bond acceptors (Lipinski definition) is 4. The van der Waals surface area contributed by atoms with Crippen LogP contribution < -0.4 is 15.4 Å². The average molecular weight is 275 g/mol. The van der Waals surface area contributed by atoms with Gasteiger partial charge in [-0.15, -0.1) is 0 Å². The van der Waals surface area contributed by atoms with Gasteiger partial charge in [-0.1, -0.05) is 13.8 Å². The Labute approximate surface area is 121 Å².